The minimum atomic E-state index is 0.134. The summed E-state index contributed by atoms with van der Waals surface area (Å²) < 4.78 is 0. The molecule has 2 N–H and O–H groups in total. The zero-order chi connectivity index (χ0) is 23.8. The molecule has 0 saturated heterocycles. The van der Waals surface area contributed by atoms with Gasteiger partial charge in [0.25, 0.3) is 0 Å². The van der Waals surface area contributed by atoms with Gasteiger partial charge in [-0.2, -0.15) is 0 Å². The molecule has 0 fully saturated rings. The minimum Gasteiger partial charge on any atom is -0.340 e. The molecule has 1 aliphatic carbocycles. The van der Waals surface area contributed by atoms with Crippen molar-refractivity contribution in [2.45, 2.75) is 45.2 Å². The summed E-state index contributed by atoms with van der Waals surface area (Å²) in [5, 5.41) is 1.20. The van der Waals surface area contributed by atoms with Crippen molar-refractivity contribution in [3.8, 4) is 0 Å². The Labute approximate surface area is 208 Å². The zero-order valence-electron chi connectivity index (χ0n) is 20.6. The van der Waals surface area contributed by atoms with Gasteiger partial charge in [0, 0.05) is 49.0 Å². The third-order valence-corrected chi connectivity index (χ3v) is 7.76. The number of nitrogens with zero attached hydrogens (tertiary/aromatic N) is 3. The second kappa shape index (κ2) is 9.44. The molecule has 35 heavy (non-hydrogen) atoms. The Hall–Kier alpha value is -3.21. The van der Waals surface area contributed by atoms with Gasteiger partial charge in [-0.3, -0.25) is 9.88 Å². The number of para-hydroxylation sites is 1. The van der Waals surface area contributed by atoms with Gasteiger partial charge in [-0.1, -0.05) is 48.5 Å². The molecule has 0 bridgehead atoms. The van der Waals surface area contributed by atoms with Crippen LogP contribution in [0.2, 0.25) is 0 Å². The topological polar surface area (TPSA) is 45.4 Å². The lowest BCUT2D eigenvalue weighted by Gasteiger charge is -2.33. The summed E-state index contributed by atoms with van der Waals surface area (Å²) in [6, 6.07) is 26.7. The number of aryl methyl sites for hydroxylation is 2. The van der Waals surface area contributed by atoms with Gasteiger partial charge in [0.2, 0.25) is 0 Å². The number of anilines is 2. The second-order valence-electron chi connectivity index (χ2n) is 10.1. The number of aromatic nitrogens is 1. The molecule has 0 spiro atoms. The molecule has 2 aliphatic rings. The first kappa shape index (κ1) is 22.3. The van der Waals surface area contributed by atoms with Gasteiger partial charge in [-0.05, 0) is 79.1 Å². The van der Waals surface area contributed by atoms with E-state index < -0.39 is 0 Å². The largest absolute Gasteiger partial charge is 0.340 e. The molecule has 2 heterocycles. The normalized spacial score (nSPS) is 17.7. The Balaban J connectivity index is 1.37. The smallest absolute Gasteiger partial charge is 0.0726 e. The van der Waals surface area contributed by atoms with E-state index in [2.05, 4.69) is 89.5 Å². The Kier molecular flexibility index (Phi) is 6.01. The van der Waals surface area contributed by atoms with E-state index in [0.29, 0.717) is 0 Å². The summed E-state index contributed by atoms with van der Waals surface area (Å²) in [5.41, 5.74) is 16.8. The highest BCUT2D eigenvalue weighted by atomic mass is 15.2. The monoisotopic (exact) mass is 462 g/mol. The van der Waals surface area contributed by atoms with Crippen LogP contribution in [0.4, 0.5) is 11.4 Å². The van der Waals surface area contributed by atoms with E-state index in [0.717, 1.165) is 56.7 Å². The average molecular weight is 463 g/mol. The molecule has 1 unspecified atom stereocenters. The fourth-order valence-corrected chi connectivity index (χ4v) is 5.87. The van der Waals surface area contributed by atoms with Crippen LogP contribution in [0.3, 0.4) is 0 Å². The van der Waals surface area contributed by atoms with E-state index in [-0.39, 0.29) is 6.04 Å². The van der Waals surface area contributed by atoms with Crippen molar-refractivity contribution in [3.63, 3.8) is 0 Å². The van der Waals surface area contributed by atoms with Gasteiger partial charge < -0.3 is 10.6 Å². The molecule has 1 aromatic heterocycles. The van der Waals surface area contributed by atoms with Crippen molar-refractivity contribution >= 4 is 22.3 Å². The zero-order valence-corrected chi connectivity index (χ0v) is 20.6. The lowest BCUT2D eigenvalue weighted by atomic mass is 9.87. The predicted octanol–water partition coefficient (Wildman–Crippen LogP) is 6.08. The maximum absolute atomic E-state index is 6.57. The molecule has 0 amide bonds. The maximum Gasteiger partial charge on any atom is 0.0726 e. The summed E-state index contributed by atoms with van der Waals surface area (Å²) in [6.45, 7) is 6.15. The van der Waals surface area contributed by atoms with E-state index >= 15 is 0 Å². The standard InChI is InChI=1S/C31H34N4/c1-22-19-31(27-10-4-5-12-30(27)33-22)35(26-14-13-24-9-6-11-29(32)28(24)20-26)18-17-34-16-15-23-7-2-3-8-25(23)21-34/h2-5,7-8,10,12-14,19-20,29H,6,9,11,15-18,21,32H2,1H3. The van der Waals surface area contributed by atoms with E-state index in [1.54, 1.807) is 0 Å². The number of benzene rings is 3. The SMILES string of the molecule is Cc1cc(N(CCN2CCc3ccccc3C2)c2ccc3c(c2)C(N)CCC3)c2ccccc2n1. The van der Waals surface area contributed by atoms with Crippen molar-refractivity contribution in [1.29, 1.82) is 0 Å². The second-order valence-corrected chi connectivity index (χ2v) is 10.1. The van der Waals surface area contributed by atoms with Crippen LogP contribution >= 0.6 is 0 Å². The molecule has 1 aliphatic heterocycles. The molecule has 6 rings (SSSR count). The fourth-order valence-electron chi connectivity index (χ4n) is 5.87. The number of hydrogen-bond acceptors (Lipinski definition) is 4. The lowest BCUT2D eigenvalue weighted by molar-refractivity contribution is 0.261. The van der Waals surface area contributed by atoms with Crippen LogP contribution in [0.25, 0.3) is 10.9 Å². The van der Waals surface area contributed by atoms with Crippen molar-refractivity contribution in [2.75, 3.05) is 24.5 Å². The Morgan fingerprint density at radius 2 is 1.77 bits per heavy atom. The van der Waals surface area contributed by atoms with Gasteiger partial charge in [0.05, 0.1) is 11.2 Å². The quantitative estimate of drug-likeness (QED) is 0.391. The molecular formula is C31H34N4. The van der Waals surface area contributed by atoms with Gasteiger partial charge in [0.15, 0.2) is 0 Å². The number of rotatable bonds is 5. The highest BCUT2D eigenvalue weighted by molar-refractivity contribution is 5.94. The predicted molar refractivity (Wildman–Crippen MR) is 145 cm³/mol. The van der Waals surface area contributed by atoms with Crippen LogP contribution in [0.1, 0.15) is 46.8 Å². The number of fused-ring (bicyclic) bond motifs is 3. The Morgan fingerprint density at radius 3 is 2.69 bits per heavy atom. The van der Waals surface area contributed by atoms with E-state index in [4.69, 9.17) is 10.7 Å². The van der Waals surface area contributed by atoms with Gasteiger partial charge in [-0.15, -0.1) is 0 Å². The number of nitrogens with two attached hydrogens (primary N) is 1. The Bertz CT molecular complexity index is 1360. The lowest BCUT2D eigenvalue weighted by Crippen LogP contribution is -2.36. The van der Waals surface area contributed by atoms with Gasteiger partial charge >= 0.3 is 0 Å². The van der Waals surface area contributed by atoms with Crippen molar-refractivity contribution in [3.05, 3.63) is 101 Å². The van der Waals surface area contributed by atoms with Crippen LogP contribution in [0, 0.1) is 6.92 Å². The van der Waals surface area contributed by atoms with Crippen LogP contribution in [-0.4, -0.2) is 29.5 Å². The van der Waals surface area contributed by atoms with E-state index in [1.807, 2.05) is 0 Å². The Morgan fingerprint density at radius 1 is 0.943 bits per heavy atom. The molecular weight excluding hydrogens is 428 g/mol. The molecule has 3 aromatic carbocycles. The van der Waals surface area contributed by atoms with Crippen LogP contribution < -0.4 is 10.6 Å². The first-order chi connectivity index (χ1) is 17.2. The summed E-state index contributed by atoms with van der Waals surface area (Å²) in [7, 11) is 0. The molecule has 4 aromatic rings. The van der Waals surface area contributed by atoms with Crippen molar-refractivity contribution in [1.82, 2.24) is 9.88 Å². The third kappa shape index (κ3) is 4.44. The first-order valence-electron chi connectivity index (χ1n) is 13.0. The molecule has 4 heteroatoms. The van der Waals surface area contributed by atoms with Crippen molar-refractivity contribution < 1.29 is 0 Å². The summed E-state index contributed by atoms with van der Waals surface area (Å²) in [4.78, 5) is 9.90. The average Bonchev–Trinajstić information content (AvgIpc) is 2.89. The van der Waals surface area contributed by atoms with E-state index in [9.17, 15) is 0 Å². The van der Waals surface area contributed by atoms with Gasteiger partial charge in [-0.25, -0.2) is 0 Å². The van der Waals surface area contributed by atoms with Crippen LogP contribution in [0.15, 0.2) is 72.8 Å². The minimum absolute atomic E-state index is 0.134. The first-order valence-corrected chi connectivity index (χ1v) is 13.0. The molecule has 1 atom stereocenters. The molecule has 0 radical (unpaired) electrons. The highest BCUT2D eigenvalue weighted by Crippen LogP contribution is 2.36. The summed E-state index contributed by atoms with van der Waals surface area (Å²) in [6.07, 6.45) is 4.51. The van der Waals surface area contributed by atoms with Gasteiger partial charge in [0.1, 0.15) is 0 Å². The van der Waals surface area contributed by atoms with E-state index in [1.165, 1.54) is 45.4 Å². The van der Waals surface area contributed by atoms with Crippen molar-refractivity contribution in [2.24, 2.45) is 5.73 Å². The molecule has 178 valence electrons. The summed E-state index contributed by atoms with van der Waals surface area (Å²) >= 11 is 0. The number of pyridine rings is 1. The number of hydrogen-bond donors (Lipinski definition) is 1. The highest BCUT2D eigenvalue weighted by Gasteiger charge is 2.22. The molecule has 0 saturated carbocycles. The van der Waals surface area contributed by atoms with Crippen LogP contribution in [0.5, 0.6) is 0 Å². The molecule has 4 nitrogen and oxygen atoms in total. The summed E-state index contributed by atoms with van der Waals surface area (Å²) in [5.74, 6) is 0. The third-order valence-electron chi connectivity index (χ3n) is 7.76. The van der Waals surface area contributed by atoms with Crippen LogP contribution in [-0.2, 0) is 19.4 Å². The fraction of sp³-hybridized carbons (Fsp3) is 0.323. The maximum atomic E-state index is 6.57.